The zero-order chi connectivity index (χ0) is 16.9. The van der Waals surface area contributed by atoms with Crippen molar-refractivity contribution in [1.82, 2.24) is 5.32 Å². The Balaban J connectivity index is 1.69. The molecule has 1 saturated heterocycles. The van der Waals surface area contributed by atoms with Crippen molar-refractivity contribution in [3.05, 3.63) is 76.2 Å². The first kappa shape index (κ1) is 16.1. The fourth-order valence-electron chi connectivity index (χ4n) is 1.88. The first-order valence-corrected chi connectivity index (χ1v) is 7.75. The van der Waals surface area contributed by atoms with Crippen LogP contribution in [0.2, 0.25) is 0 Å². The van der Waals surface area contributed by atoms with Crippen molar-refractivity contribution < 1.29 is 13.6 Å². The van der Waals surface area contributed by atoms with Crippen LogP contribution < -0.4 is 5.32 Å². The Kier molecular flexibility index (Phi) is 4.81. The molecule has 0 radical (unpaired) electrons. The van der Waals surface area contributed by atoms with Crippen LogP contribution in [0, 0.1) is 11.6 Å². The zero-order valence-electron chi connectivity index (χ0n) is 12.2. The molecule has 0 aliphatic carbocycles. The van der Waals surface area contributed by atoms with E-state index in [4.69, 9.17) is 0 Å². The third-order valence-corrected chi connectivity index (χ3v) is 3.94. The van der Waals surface area contributed by atoms with E-state index in [9.17, 15) is 13.6 Å². The molecule has 2 aromatic carbocycles. The van der Waals surface area contributed by atoms with Crippen molar-refractivity contribution in [2.45, 2.75) is 0 Å². The number of thioether (sulfide) groups is 1. The van der Waals surface area contributed by atoms with Crippen LogP contribution >= 0.6 is 11.8 Å². The standard InChI is InChI=1S/C17H11F2N3OS/c18-13-5-1-11(2-6-13)9-15-16(23)21-17(24-15)22-20-10-12-3-7-14(19)8-4-12/h1-10H,(H,21,22,23)/b15-9-,20-10-. The minimum absolute atomic E-state index is 0.292. The lowest BCUT2D eigenvalue weighted by molar-refractivity contribution is -0.115. The Hall–Kier alpha value is -2.80. The Bertz CT molecular complexity index is 843. The lowest BCUT2D eigenvalue weighted by Gasteiger charge is -1.94. The zero-order valence-corrected chi connectivity index (χ0v) is 13.1. The van der Waals surface area contributed by atoms with E-state index in [1.165, 1.54) is 30.5 Å². The fraction of sp³-hybridized carbons (Fsp3) is 0. The van der Waals surface area contributed by atoms with Gasteiger partial charge in [-0.1, -0.05) is 24.3 Å². The Morgan fingerprint density at radius 1 is 0.917 bits per heavy atom. The largest absolute Gasteiger partial charge is 0.299 e. The molecule has 0 aromatic heterocycles. The summed E-state index contributed by atoms with van der Waals surface area (Å²) in [6.45, 7) is 0. The monoisotopic (exact) mass is 343 g/mol. The number of amidine groups is 1. The molecule has 1 amide bonds. The number of carbonyl (C=O) groups is 1. The average molecular weight is 343 g/mol. The van der Waals surface area contributed by atoms with Gasteiger partial charge in [0.1, 0.15) is 11.6 Å². The van der Waals surface area contributed by atoms with Gasteiger partial charge >= 0.3 is 0 Å². The SMILES string of the molecule is O=C1N/C(=N\N=C/c2ccc(F)cc2)S/C1=C\c1ccc(F)cc1. The van der Waals surface area contributed by atoms with Crippen LogP contribution in [0.3, 0.4) is 0 Å². The maximum Gasteiger partial charge on any atom is 0.264 e. The molecule has 2 aromatic rings. The summed E-state index contributed by atoms with van der Waals surface area (Å²) in [7, 11) is 0. The van der Waals surface area contributed by atoms with Gasteiger partial charge in [0.05, 0.1) is 11.1 Å². The molecule has 1 N–H and O–H groups in total. The van der Waals surface area contributed by atoms with Gasteiger partial charge in [-0.25, -0.2) is 8.78 Å². The number of nitrogens with one attached hydrogen (secondary N) is 1. The van der Waals surface area contributed by atoms with Gasteiger partial charge in [0.2, 0.25) is 0 Å². The van der Waals surface area contributed by atoms with Crippen LogP contribution in [0.1, 0.15) is 11.1 Å². The van der Waals surface area contributed by atoms with Crippen LogP contribution in [0.4, 0.5) is 8.78 Å². The van der Waals surface area contributed by atoms with Crippen molar-refractivity contribution in [2.24, 2.45) is 10.2 Å². The third-order valence-electron chi connectivity index (χ3n) is 3.04. The Morgan fingerprint density at radius 3 is 2.12 bits per heavy atom. The second kappa shape index (κ2) is 7.18. The van der Waals surface area contributed by atoms with Gasteiger partial charge in [0.25, 0.3) is 5.91 Å². The van der Waals surface area contributed by atoms with E-state index in [1.807, 2.05) is 0 Å². The number of benzene rings is 2. The molecule has 7 heteroatoms. The lowest BCUT2D eigenvalue weighted by atomic mass is 10.2. The predicted octanol–water partition coefficient (Wildman–Crippen LogP) is 3.56. The average Bonchev–Trinajstić information content (AvgIpc) is 2.91. The van der Waals surface area contributed by atoms with Crippen molar-refractivity contribution in [3.63, 3.8) is 0 Å². The van der Waals surface area contributed by atoms with E-state index in [1.54, 1.807) is 30.3 Å². The predicted molar refractivity (Wildman–Crippen MR) is 91.5 cm³/mol. The number of amides is 1. The van der Waals surface area contributed by atoms with Gasteiger partial charge in [-0.2, -0.15) is 5.10 Å². The molecule has 1 aliphatic rings. The normalized spacial score (nSPS) is 17.8. The fourth-order valence-corrected chi connectivity index (χ4v) is 2.66. The van der Waals surface area contributed by atoms with E-state index >= 15 is 0 Å². The first-order valence-electron chi connectivity index (χ1n) is 6.93. The van der Waals surface area contributed by atoms with Crippen LogP contribution in [0.25, 0.3) is 6.08 Å². The molecule has 24 heavy (non-hydrogen) atoms. The van der Waals surface area contributed by atoms with Crippen molar-refractivity contribution in [2.75, 3.05) is 0 Å². The molecule has 1 heterocycles. The number of rotatable bonds is 3. The topological polar surface area (TPSA) is 53.8 Å². The van der Waals surface area contributed by atoms with Crippen molar-refractivity contribution in [3.8, 4) is 0 Å². The second-order valence-corrected chi connectivity index (χ2v) is 5.85. The summed E-state index contributed by atoms with van der Waals surface area (Å²) in [4.78, 5) is 12.3. The van der Waals surface area contributed by atoms with Gasteiger partial charge in [-0.05, 0) is 53.2 Å². The quantitative estimate of drug-likeness (QED) is 0.526. The van der Waals surface area contributed by atoms with Crippen molar-refractivity contribution in [1.29, 1.82) is 0 Å². The molecule has 1 aliphatic heterocycles. The molecule has 0 atom stereocenters. The molecule has 0 bridgehead atoms. The smallest absolute Gasteiger partial charge is 0.264 e. The summed E-state index contributed by atoms with van der Waals surface area (Å²) in [6, 6.07) is 11.6. The summed E-state index contributed by atoms with van der Waals surface area (Å²) < 4.78 is 25.7. The van der Waals surface area contributed by atoms with Crippen LogP contribution in [0.15, 0.2) is 63.6 Å². The number of carbonyl (C=O) groups excluding carboxylic acids is 1. The van der Waals surface area contributed by atoms with E-state index < -0.39 is 0 Å². The molecule has 0 saturated carbocycles. The first-order chi connectivity index (χ1) is 11.6. The summed E-state index contributed by atoms with van der Waals surface area (Å²) in [5.74, 6) is -0.953. The molecule has 1 fully saturated rings. The lowest BCUT2D eigenvalue weighted by Crippen LogP contribution is -2.19. The van der Waals surface area contributed by atoms with Crippen molar-refractivity contribution >= 4 is 35.1 Å². The summed E-state index contributed by atoms with van der Waals surface area (Å²) in [6.07, 6.45) is 3.10. The highest BCUT2D eigenvalue weighted by Gasteiger charge is 2.23. The minimum atomic E-state index is -0.335. The number of hydrogen-bond acceptors (Lipinski definition) is 4. The molecule has 0 spiro atoms. The van der Waals surface area contributed by atoms with Gasteiger partial charge in [0.15, 0.2) is 5.17 Å². The molecule has 120 valence electrons. The Morgan fingerprint density at radius 2 is 1.50 bits per heavy atom. The van der Waals surface area contributed by atoms with Gasteiger partial charge in [0, 0.05) is 0 Å². The maximum absolute atomic E-state index is 12.9. The molecular weight excluding hydrogens is 332 g/mol. The van der Waals surface area contributed by atoms with E-state index in [0.717, 1.165) is 11.8 Å². The highest BCUT2D eigenvalue weighted by atomic mass is 32.2. The van der Waals surface area contributed by atoms with E-state index in [0.29, 0.717) is 21.2 Å². The summed E-state index contributed by atoms with van der Waals surface area (Å²) >= 11 is 1.14. The summed E-state index contributed by atoms with van der Waals surface area (Å²) in [5.41, 5.74) is 1.40. The van der Waals surface area contributed by atoms with Gasteiger partial charge < -0.3 is 0 Å². The molecule has 4 nitrogen and oxygen atoms in total. The number of nitrogens with zero attached hydrogens (tertiary/aromatic N) is 2. The molecular formula is C17H11F2N3OS. The number of halogens is 2. The minimum Gasteiger partial charge on any atom is -0.299 e. The van der Waals surface area contributed by atoms with Crippen LogP contribution in [0.5, 0.6) is 0 Å². The molecule has 0 unspecified atom stereocenters. The summed E-state index contributed by atoms with van der Waals surface area (Å²) in [5, 5.41) is 10.7. The highest BCUT2D eigenvalue weighted by molar-refractivity contribution is 8.18. The highest BCUT2D eigenvalue weighted by Crippen LogP contribution is 2.26. The molecule has 3 rings (SSSR count). The maximum atomic E-state index is 12.9. The van der Waals surface area contributed by atoms with Crippen LogP contribution in [-0.2, 0) is 4.79 Å². The Labute approximate surface area is 141 Å². The van der Waals surface area contributed by atoms with E-state index in [2.05, 4.69) is 15.5 Å². The van der Waals surface area contributed by atoms with E-state index in [-0.39, 0.29) is 17.5 Å². The number of hydrogen-bond donors (Lipinski definition) is 1. The second-order valence-electron chi connectivity index (χ2n) is 4.82. The van der Waals surface area contributed by atoms with Gasteiger partial charge in [-0.15, -0.1) is 5.10 Å². The van der Waals surface area contributed by atoms with Gasteiger partial charge in [-0.3, -0.25) is 10.1 Å². The third kappa shape index (κ3) is 4.14. The van der Waals surface area contributed by atoms with Crippen LogP contribution in [-0.4, -0.2) is 17.3 Å².